The molecule has 1 heterocycles. The van der Waals surface area contributed by atoms with Gasteiger partial charge in [0.05, 0.1) is 12.2 Å². The highest BCUT2D eigenvalue weighted by molar-refractivity contribution is 7.80. The average molecular weight is 287 g/mol. The molecule has 0 saturated carbocycles. The number of anilines is 1. The first-order valence-corrected chi connectivity index (χ1v) is 6.85. The molecule has 0 amide bonds. The number of benzene rings is 1. The van der Waals surface area contributed by atoms with Crippen molar-refractivity contribution >= 4 is 23.0 Å². The Kier molecular flexibility index (Phi) is 5.32. The molecule has 2 rings (SSSR count). The van der Waals surface area contributed by atoms with Gasteiger partial charge < -0.3 is 15.8 Å². The number of para-hydroxylation sites is 1. The normalized spacial score (nSPS) is 10.0. The number of nitrogens with zero attached hydrogens (tertiary/aromatic N) is 1. The lowest BCUT2D eigenvalue weighted by Crippen LogP contribution is -2.15. The van der Waals surface area contributed by atoms with E-state index in [0.717, 1.165) is 30.1 Å². The summed E-state index contributed by atoms with van der Waals surface area (Å²) < 4.78 is 5.61. The van der Waals surface area contributed by atoms with Gasteiger partial charge in [-0.05, 0) is 30.7 Å². The predicted octanol–water partition coefficient (Wildman–Crippen LogP) is 2.60. The summed E-state index contributed by atoms with van der Waals surface area (Å²) >= 11 is 4.99. The van der Waals surface area contributed by atoms with Gasteiger partial charge in [0.25, 0.3) is 0 Å². The maximum atomic E-state index is 5.65. The lowest BCUT2D eigenvalue weighted by molar-refractivity contribution is 0.315. The van der Waals surface area contributed by atoms with Gasteiger partial charge in [-0.15, -0.1) is 0 Å². The predicted molar refractivity (Wildman–Crippen MR) is 85.2 cm³/mol. The van der Waals surface area contributed by atoms with Crippen molar-refractivity contribution in [3.63, 3.8) is 0 Å². The van der Waals surface area contributed by atoms with Crippen LogP contribution in [0.2, 0.25) is 0 Å². The second kappa shape index (κ2) is 7.45. The fraction of sp³-hybridized carbons (Fsp3) is 0.200. The van der Waals surface area contributed by atoms with Gasteiger partial charge in [-0.3, -0.25) is 0 Å². The number of aromatic nitrogens is 1. The van der Waals surface area contributed by atoms with Gasteiger partial charge in [0.1, 0.15) is 16.6 Å². The van der Waals surface area contributed by atoms with Crippen molar-refractivity contribution in [2.75, 3.05) is 18.5 Å². The molecule has 0 unspecified atom stereocenters. The number of ether oxygens (including phenoxy) is 1. The Morgan fingerprint density at radius 2 is 2.00 bits per heavy atom. The Morgan fingerprint density at radius 1 is 1.20 bits per heavy atom. The van der Waals surface area contributed by atoms with E-state index in [0.29, 0.717) is 11.6 Å². The number of nitrogens with two attached hydrogens (primary N) is 1. The standard InChI is InChI=1S/C15H17N3OS/c16-14(20)13-8-4-9-17-15(13)18-10-5-11-19-12-6-2-1-3-7-12/h1-4,6-9H,5,10-11H2,(H2,16,20)(H,17,18). The summed E-state index contributed by atoms with van der Waals surface area (Å²) in [5.41, 5.74) is 6.42. The summed E-state index contributed by atoms with van der Waals surface area (Å²) in [7, 11) is 0. The first-order chi connectivity index (χ1) is 9.77. The molecular weight excluding hydrogens is 270 g/mol. The van der Waals surface area contributed by atoms with Crippen LogP contribution in [-0.4, -0.2) is 23.1 Å². The highest BCUT2D eigenvalue weighted by Crippen LogP contribution is 2.11. The van der Waals surface area contributed by atoms with Crippen LogP contribution in [0.4, 0.5) is 5.82 Å². The summed E-state index contributed by atoms with van der Waals surface area (Å²) in [4.78, 5) is 4.58. The molecule has 20 heavy (non-hydrogen) atoms. The van der Waals surface area contributed by atoms with E-state index in [1.807, 2.05) is 42.5 Å². The molecule has 0 fully saturated rings. The van der Waals surface area contributed by atoms with E-state index in [1.165, 1.54) is 0 Å². The number of nitrogens with one attached hydrogen (secondary N) is 1. The smallest absolute Gasteiger partial charge is 0.136 e. The molecule has 0 atom stereocenters. The average Bonchev–Trinajstić information content (AvgIpc) is 2.48. The number of rotatable bonds is 7. The van der Waals surface area contributed by atoms with Gasteiger partial charge >= 0.3 is 0 Å². The first-order valence-electron chi connectivity index (χ1n) is 6.44. The summed E-state index contributed by atoms with van der Waals surface area (Å²) in [5, 5.41) is 3.22. The molecule has 2 aromatic rings. The molecule has 104 valence electrons. The van der Waals surface area contributed by atoms with Crippen LogP contribution in [-0.2, 0) is 0 Å². The van der Waals surface area contributed by atoms with E-state index in [9.17, 15) is 0 Å². The van der Waals surface area contributed by atoms with Crippen molar-refractivity contribution in [2.45, 2.75) is 6.42 Å². The quantitative estimate of drug-likeness (QED) is 0.605. The Hall–Kier alpha value is -2.14. The molecule has 0 spiro atoms. The van der Waals surface area contributed by atoms with E-state index in [2.05, 4.69) is 10.3 Å². The summed E-state index contributed by atoms with van der Waals surface area (Å²) in [5.74, 6) is 1.61. The first kappa shape index (κ1) is 14.3. The molecule has 0 saturated heterocycles. The Morgan fingerprint density at radius 3 is 2.75 bits per heavy atom. The van der Waals surface area contributed by atoms with Crippen LogP contribution in [0.15, 0.2) is 48.7 Å². The zero-order valence-electron chi connectivity index (χ0n) is 11.1. The highest BCUT2D eigenvalue weighted by Gasteiger charge is 2.04. The zero-order chi connectivity index (χ0) is 14.2. The van der Waals surface area contributed by atoms with Gasteiger partial charge in [0.15, 0.2) is 0 Å². The summed E-state index contributed by atoms with van der Waals surface area (Å²) in [6.07, 6.45) is 2.58. The topological polar surface area (TPSA) is 60.2 Å². The molecule has 4 nitrogen and oxygen atoms in total. The lowest BCUT2D eigenvalue weighted by Gasteiger charge is -2.10. The van der Waals surface area contributed by atoms with Crippen LogP contribution in [0.1, 0.15) is 12.0 Å². The van der Waals surface area contributed by atoms with Gasteiger partial charge in [-0.1, -0.05) is 30.4 Å². The SMILES string of the molecule is NC(=S)c1cccnc1NCCCOc1ccccc1. The molecule has 5 heteroatoms. The van der Waals surface area contributed by atoms with E-state index in [1.54, 1.807) is 6.20 Å². The molecule has 0 aliphatic carbocycles. The maximum Gasteiger partial charge on any atom is 0.136 e. The van der Waals surface area contributed by atoms with Crippen LogP contribution in [0.5, 0.6) is 5.75 Å². The minimum atomic E-state index is 0.348. The third kappa shape index (κ3) is 4.20. The number of hydrogen-bond acceptors (Lipinski definition) is 4. The number of hydrogen-bond donors (Lipinski definition) is 2. The number of thiocarbonyl (C=S) groups is 1. The van der Waals surface area contributed by atoms with E-state index < -0.39 is 0 Å². The Bertz CT molecular complexity index is 560. The summed E-state index contributed by atoms with van der Waals surface area (Å²) in [6.45, 7) is 1.39. The van der Waals surface area contributed by atoms with Crippen LogP contribution in [0.3, 0.4) is 0 Å². The van der Waals surface area contributed by atoms with Crippen LogP contribution in [0, 0.1) is 0 Å². The minimum absolute atomic E-state index is 0.348. The van der Waals surface area contributed by atoms with Gasteiger partial charge in [-0.25, -0.2) is 4.98 Å². The van der Waals surface area contributed by atoms with Crippen LogP contribution in [0.25, 0.3) is 0 Å². The van der Waals surface area contributed by atoms with Crippen LogP contribution < -0.4 is 15.8 Å². The minimum Gasteiger partial charge on any atom is -0.494 e. The Labute approximate surface area is 124 Å². The van der Waals surface area contributed by atoms with E-state index in [-0.39, 0.29) is 0 Å². The second-order valence-corrected chi connectivity index (χ2v) is 4.65. The third-order valence-corrected chi connectivity index (χ3v) is 2.92. The van der Waals surface area contributed by atoms with E-state index >= 15 is 0 Å². The van der Waals surface area contributed by atoms with Crippen molar-refractivity contribution in [3.05, 3.63) is 54.2 Å². The highest BCUT2D eigenvalue weighted by atomic mass is 32.1. The number of pyridine rings is 1. The van der Waals surface area contributed by atoms with Gasteiger partial charge in [0.2, 0.25) is 0 Å². The van der Waals surface area contributed by atoms with Crippen molar-refractivity contribution in [2.24, 2.45) is 5.73 Å². The lowest BCUT2D eigenvalue weighted by atomic mass is 10.2. The molecular formula is C15H17N3OS. The van der Waals surface area contributed by atoms with Gasteiger partial charge in [0, 0.05) is 12.7 Å². The zero-order valence-corrected chi connectivity index (χ0v) is 11.9. The van der Waals surface area contributed by atoms with Crippen LogP contribution >= 0.6 is 12.2 Å². The fourth-order valence-corrected chi connectivity index (χ4v) is 1.90. The molecule has 0 radical (unpaired) electrons. The molecule has 0 aliphatic heterocycles. The molecule has 1 aromatic heterocycles. The summed E-state index contributed by atoms with van der Waals surface area (Å²) in [6, 6.07) is 13.4. The largest absolute Gasteiger partial charge is 0.494 e. The molecule has 0 aliphatic rings. The van der Waals surface area contributed by atoms with Gasteiger partial charge in [-0.2, -0.15) is 0 Å². The Balaban J connectivity index is 1.75. The van der Waals surface area contributed by atoms with Crippen molar-refractivity contribution in [1.82, 2.24) is 4.98 Å². The van der Waals surface area contributed by atoms with Crippen molar-refractivity contribution < 1.29 is 4.74 Å². The second-order valence-electron chi connectivity index (χ2n) is 4.21. The fourth-order valence-electron chi connectivity index (χ4n) is 1.73. The molecule has 1 aromatic carbocycles. The molecule has 0 bridgehead atoms. The third-order valence-electron chi connectivity index (χ3n) is 2.70. The van der Waals surface area contributed by atoms with E-state index in [4.69, 9.17) is 22.7 Å². The monoisotopic (exact) mass is 287 g/mol. The van der Waals surface area contributed by atoms with Crippen molar-refractivity contribution in [3.8, 4) is 5.75 Å². The van der Waals surface area contributed by atoms with Crippen molar-refractivity contribution in [1.29, 1.82) is 0 Å². The molecule has 3 N–H and O–H groups in total. The maximum absolute atomic E-state index is 5.65.